The van der Waals surface area contributed by atoms with Crippen LogP contribution in [0.3, 0.4) is 0 Å². The van der Waals surface area contributed by atoms with E-state index in [9.17, 15) is 4.79 Å². The molecule has 0 atom stereocenters. The Bertz CT molecular complexity index is 452. The molecule has 1 aliphatic rings. The van der Waals surface area contributed by atoms with Gasteiger partial charge in [-0.05, 0) is 61.3 Å². The number of nitrogens with zero attached hydrogens (tertiary/aromatic N) is 2. The summed E-state index contributed by atoms with van der Waals surface area (Å²) in [5, 5.41) is 3.36. The second kappa shape index (κ2) is 7.27. The minimum atomic E-state index is 0.165. The molecule has 5 heteroatoms. The molecule has 0 aromatic carbocycles. The normalized spacial score (nSPS) is 16.4. The van der Waals surface area contributed by atoms with E-state index in [-0.39, 0.29) is 5.91 Å². The molecule has 1 aromatic heterocycles. The van der Waals surface area contributed by atoms with Gasteiger partial charge in [-0.3, -0.25) is 4.79 Å². The molecule has 0 radical (unpaired) electrons. The van der Waals surface area contributed by atoms with Crippen LogP contribution >= 0.6 is 15.9 Å². The molecule has 2 heterocycles. The van der Waals surface area contributed by atoms with Gasteiger partial charge in [-0.1, -0.05) is 6.92 Å². The van der Waals surface area contributed by atoms with E-state index in [1.165, 1.54) is 0 Å². The lowest BCUT2D eigenvalue weighted by molar-refractivity contribution is 0.0645. The number of carbonyl (C=O) groups excluding carboxylic acids is 1. The van der Waals surface area contributed by atoms with E-state index in [4.69, 9.17) is 0 Å². The Morgan fingerprint density at radius 1 is 1.45 bits per heavy atom. The van der Waals surface area contributed by atoms with Crippen molar-refractivity contribution in [3.63, 3.8) is 0 Å². The predicted molar refractivity (Wildman–Crippen MR) is 85.0 cm³/mol. The molecule has 1 amide bonds. The van der Waals surface area contributed by atoms with Crippen molar-refractivity contribution in [1.82, 2.24) is 14.8 Å². The van der Waals surface area contributed by atoms with E-state index in [1.807, 2.05) is 17.2 Å². The fourth-order valence-corrected chi connectivity index (χ4v) is 3.38. The maximum Gasteiger partial charge on any atom is 0.270 e. The lowest BCUT2D eigenvalue weighted by atomic mass is 10.0. The molecule has 4 nitrogen and oxygen atoms in total. The Labute approximate surface area is 129 Å². The van der Waals surface area contributed by atoms with Crippen molar-refractivity contribution in [2.24, 2.45) is 0 Å². The molecular weight excluding hydrogens is 318 g/mol. The van der Waals surface area contributed by atoms with Gasteiger partial charge in [0.1, 0.15) is 5.69 Å². The number of hydrogen-bond donors (Lipinski definition) is 1. The van der Waals surface area contributed by atoms with Gasteiger partial charge in [-0.15, -0.1) is 0 Å². The molecule has 2 rings (SSSR count). The summed E-state index contributed by atoms with van der Waals surface area (Å²) in [6, 6.07) is 2.32. The van der Waals surface area contributed by atoms with Gasteiger partial charge in [-0.25, -0.2) is 0 Å². The topological polar surface area (TPSA) is 37.3 Å². The van der Waals surface area contributed by atoms with Crippen molar-refractivity contribution in [3.8, 4) is 0 Å². The highest BCUT2D eigenvalue weighted by Crippen LogP contribution is 2.20. The number of amides is 1. The lowest BCUT2D eigenvalue weighted by Gasteiger charge is -2.34. The number of nitrogens with one attached hydrogen (secondary N) is 1. The number of rotatable bonds is 5. The van der Waals surface area contributed by atoms with Crippen LogP contribution < -0.4 is 5.32 Å². The lowest BCUT2D eigenvalue weighted by Crippen LogP contribution is -2.46. The van der Waals surface area contributed by atoms with Crippen LogP contribution in [0.25, 0.3) is 0 Å². The third-order valence-electron chi connectivity index (χ3n) is 3.90. The largest absolute Gasteiger partial charge is 0.342 e. The van der Waals surface area contributed by atoms with Crippen molar-refractivity contribution in [3.05, 3.63) is 22.4 Å². The fraction of sp³-hybridized carbons (Fsp3) is 0.667. The summed E-state index contributed by atoms with van der Waals surface area (Å²) < 4.78 is 3.05. The maximum absolute atomic E-state index is 12.8. The third kappa shape index (κ3) is 3.44. The van der Waals surface area contributed by atoms with Gasteiger partial charge >= 0.3 is 0 Å². The smallest absolute Gasteiger partial charge is 0.270 e. The van der Waals surface area contributed by atoms with E-state index in [0.717, 1.165) is 55.6 Å². The van der Waals surface area contributed by atoms with Crippen molar-refractivity contribution in [1.29, 1.82) is 0 Å². The molecule has 1 fully saturated rings. The molecule has 1 aliphatic heterocycles. The van der Waals surface area contributed by atoms with Crippen LogP contribution in [0.5, 0.6) is 0 Å². The Morgan fingerprint density at radius 3 is 2.75 bits per heavy atom. The Kier molecular flexibility index (Phi) is 5.66. The highest BCUT2D eigenvalue weighted by Gasteiger charge is 2.26. The number of piperidine rings is 1. The maximum atomic E-state index is 12.8. The van der Waals surface area contributed by atoms with Gasteiger partial charge in [0, 0.05) is 29.8 Å². The van der Waals surface area contributed by atoms with Gasteiger partial charge < -0.3 is 14.8 Å². The quantitative estimate of drug-likeness (QED) is 0.893. The number of halogens is 1. The molecule has 1 saturated heterocycles. The van der Waals surface area contributed by atoms with Crippen LogP contribution in [0.4, 0.5) is 0 Å². The summed E-state index contributed by atoms with van der Waals surface area (Å²) in [6.45, 7) is 7.88. The number of aromatic nitrogens is 1. The van der Waals surface area contributed by atoms with Crippen LogP contribution in [-0.2, 0) is 6.54 Å². The second-order valence-corrected chi connectivity index (χ2v) is 6.22. The minimum Gasteiger partial charge on any atom is -0.342 e. The van der Waals surface area contributed by atoms with E-state index in [2.05, 4.69) is 39.7 Å². The van der Waals surface area contributed by atoms with Crippen LogP contribution in [0, 0.1) is 0 Å². The molecular formula is C15H24BrN3O. The van der Waals surface area contributed by atoms with Gasteiger partial charge in [0.15, 0.2) is 0 Å². The monoisotopic (exact) mass is 341 g/mol. The summed E-state index contributed by atoms with van der Waals surface area (Å²) in [6.07, 6.45) is 5.14. The Balaban J connectivity index is 2.19. The van der Waals surface area contributed by atoms with Gasteiger partial charge in [-0.2, -0.15) is 0 Å². The zero-order valence-electron chi connectivity index (χ0n) is 12.4. The van der Waals surface area contributed by atoms with Gasteiger partial charge in [0.25, 0.3) is 5.91 Å². The zero-order chi connectivity index (χ0) is 14.5. The third-order valence-corrected chi connectivity index (χ3v) is 4.33. The van der Waals surface area contributed by atoms with Crippen molar-refractivity contribution < 1.29 is 4.79 Å². The highest BCUT2D eigenvalue weighted by molar-refractivity contribution is 9.10. The molecule has 0 saturated carbocycles. The molecule has 0 spiro atoms. The Hall–Kier alpha value is -0.810. The summed E-state index contributed by atoms with van der Waals surface area (Å²) in [7, 11) is 0. The van der Waals surface area contributed by atoms with Gasteiger partial charge in [0.2, 0.25) is 0 Å². The number of hydrogen-bond acceptors (Lipinski definition) is 2. The first-order valence-corrected chi connectivity index (χ1v) is 8.34. The van der Waals surface area contributed by atoms with E-state index in [1.54, 1.807) is 0 Å². The average Bonchev–Trinajstić information content (AvgIpc) is 2.82. The predicted octanol–water partition coefficient (Wildman–Crippen LogP) is 2.87. The summed E-state index contributed by atoms with van der Waals surface area (Å²) >= 11 is 3.49. The standard InChI is InChI=1S/C15H24BrN3O/c1-3-9-18-11-12(16)10-14(18)15(20)19(4-2)13-5-7-17-8-6-13/h10-11,13,17H,3-9H2,1-2H3. The molecule has 112 valence electrons. The van der Waals surface area contributed by atoms with Crippen molar-refractivity contribution in [2.75, 3.05) is 19.6 Å². The zero-order valence-corrected chi connectivity index (χ0v) is 13.9. The second-order valence-electron chi connectivity index (χ2n) is 5.31. The number of aryl methyl sites for hydroxylation is 1. The molecule has 0 bridgehead atoms. The summed E-state index contributed by atoms with van der Waals surface area (Å²) in [5.74, 6) is 0.165. The highest BCUT2D eigenvalue weighted by atomic mass is 79.9. The van der Waals surface area contributed by atoms with Crippen molar-refractivity contribution in [2.45, 2.75) is 45.7 Å². The van der Waals surface area contributed by atoms with E-state index >= 15 is 0 Å². The van der Waals surface area contributed by atoms with E-state index in [0.29, 0.717) is 6.04 Å². The van der Waals surface area contributed by atoms with Crippen LogP contribution in [0.15, 0.2) is 16.7 Å². The van der Waals surface area contributed by atoms with Gasteiger partial charge in [0.05, 0.1) is 0 Å². The molecule has 1 aromatic rings. The molecule has 1 N–H and O–H groups in total. The molecule has 20 heavy (non-hydrogen) atoms. The van der Waals surface area contributed by atoms with Crippen LogP contribution in [-0.4, -0.2) is 41.1 Å². The van der Waals surface area contributed by atoms with Crippen molar-refractivity contribution >= 4 is 21.8 Å². The summed E-state index contributed by atoms with van der Waals surface area (Å²) in [4.78, 5) is 14.9. The fourth-order valence-electron chi connectivity index (χ4n) is 2.91. The number of carbonyl (C=O) groups is 1. The minimum absolute atomic E-state index is 0.165. The first-order valence-electron chi connectivity index (χ1n) is 7.54. The Morgan fingerprint density at radius 2 is 2.15 bits per heavy atom. The first-order chi connectivity index (χ1) is 9.67. The summed E-state index contributed by atoms with van der Waals surface area (Å²) in [5.41, 5.74) is 0.805. The van der Waals surface area contributed by atoms with Crippen LogP contribution in [0.2, 0.25) is 0 Å². The molecule has 0 aliphatic carbocycles. The average molecular weight is 342 g/mol. The van der Waals surface area contributed by atoms with E-state index < -0.39 is 0 Å². The SMILES string of the molecule is CCCn1cc(Br)cc1C(=O)N(CC)C1CCNCC1. The van der Waals surface area contributed by atoms with Crippen LogP contribution in [0.1, 0.15) is 43.6 Å². The first kappa shape index (κ1) is 15.6. The molecule has 0 unspecified atom stereocenters.